The second kappa shape index (κ2) is 4.63. The molecule has 0 bridgehead atoms. The molecule has 3 aromatic heterocycles. The molecule has 1 unspecified atom stereocenters. The van der Waals surface area contributed by atoms with Crippen molar-refractivity contribution in [2.75, 3.05) is 0 Å². The van der Waals surface area contributed by atoms with Gasteiger partial charge in [-0.3, -0.25) is 4.40 Å². The zero-order chi connectivity index (χ0) is 13.6. The highest BCUT2D eigenvalue weighted by atomic mass is 35.5. The van der Waals surface area contributed by atoms with Crippen LogP contribution in [0.2, 0.25) is 5.02 Å². The number of rotatable bonds is 2. The summed E-state index contributed by atoms with van der Waals surface area (Å²) in [5.74, 6) is 0. The number of aliphatic hydroxyl groups is 1. The molecule has 0 spiro atoms. The maximum atomic E-state index is 10.1. The summed E-state index contributed by atoms with van der Waals surface area (Å²) in [6, 6.07) is 5.87. The van der Waals surface area contributed by atoms with Crippen molar-refractivity contribution in [2.45, 2.75) is 20.0 Å². The predicted molar refractivity (Wildman–Crippen MR) is 78.9 cm³/mol. The number of imidazole rings is 1. The summed E-state index contributed by atoms with van der Waals surface area (Å²) < 4.78 is 1.89. The van der Waals surface area contributed by atoms with E-state index in [2.05, 4.69) is 4.98 Å². The number of aromatic nitrogens is 2. The van der Waals surface area contributed by atoms with Crippen molar-refractivity contribution < 1.29 is 5.11 Å². The van der Waals surface area contributed by atoms with Gasteiger partial charge in [0.25, 0.3) is 0 Å². The second-order valence-corrected chi connectivity index (χ2v) is 5.92. The van der Waals surface area contributed by atoms with E-state index in [4.69, 9.17) is 11.6 Å². The smallest absolute Gasteiger partial charge is 0.140 e. The van der Waals surface area contributed by atoms with Crippen LogP contribution in [-0.4, -0.2) is 14.5 Å². The first-order valence-corrected chi connectivity index (χ1v) is 7.23. The maximum Gasteiger partial charge on any atom is 0.140 e. The normalized spacial score (nSPS) is 13.1. The van der Waals surface area contributed by atoms with E-state index in [1.807, 2.05) is 34.9 Å². The van der Waals surface area contributed by atoms with Gasteiger partial charge in [0.05, 0.1) is 21.7 Å². The van der Waals surface area contributed by atoms with E-state index in [1.54, 1.807) is 24.5 Å². The largest absolute Gasteiger partial charge is 0.387 e. The lowest BCUT2D eigenvalue weighted by molar-refractivity contribution is 0.194. The van der Waals surface area contributed by atoms with Crippen molar-refractivity contribution in [1.82, 2.24) is 9.38 Å². The quantitative estimate of drug-likeness (QED) is 0.773. The molecule has 0 amide bonds. The molecule has 3 aromatic rings. The molecule has 0 aliphatic heterocycles. The first kappa shape index (κ1) is 12.7. The molecule has 3 rings (SSSR count). The Bertz CT molecular complexity index is 732. The third-order valence-corrected chi connectivity index (χ3v) is 4.14. The van der Waals surface area contributed by atoms with E-state index in [0.29, 0.717) is 5.02 Å². The number of nitrogens with zero attached hydrogens (tertiary/aromatic N) is 2. The summed E-state index contributed by atoms with van der Waals surface area (Å²) in [7, 11) is 0. The van der Waals surface area contributed by atoms with Gasteiger partial charge in [-0.2, -0.15) is 0 Å². The Hall–Kier alpha value is -1.36. The van der Waals surface area contributed by atoms with E-state index in [1.165, 1.54) is 0 Å². The molecular formula is C14H13ClN2OS. The summed E-state index contributed by atoms with van der Waals surface area (Å²) in [6.07, 6.45) is 1.20. The predicted octanol–water partition coefficient (Wildman–Crippen LogP) is 4.08. The monoisotopic (exact) mass is 292 g/mol. The fourth-order valence-corrected chi connectivity index (χ4v) is 3.26. The van der Waals surface area contributed by atoms with Gasteiger partial charge in [-0.1, -0.05) is 17.7 Å². The molecule has 1 atom stereocenters. The third-order valence-electron chi connectivity index (χ3n) is 3.06. The summed E-state index contributed by atoms with van der Waals surface area (Å²) in [5.41, 5.74) is 3.44. The zero-order valence-electron chi connectivity index (χ0n) is 10.6. The number of fused-ring (bicyclic) bond motifs is 1. The number of hydrogen-bond acceptors (Lipinski definition) is 3. The number of hydrogen-bond donors (Lipinski definition) is 1. The molecule has 0 aliphatic carbocycles. The zero-order valence-corrected chi connectivity index (χ0v) is 12.2. The summed E-state index contributed by atoms with van der Waals surface area (Å²) in [4.78, 5) is 5.72. The first-order chi connectivity index (χ1) is 9.08. The lowest BCUT2D eigenvalue weighted by Gasteiger charge is -2.07. The number of halogens is 1. The van der Waals surface area contributed by atoms with Crippen molar-refractivity contribution in [3.05, 3.63) is 46.1 Å². The van der Waals surface area contributed by atoms with Crippen LogP contribution in [0.4, 0.5) is 0 Å². The van der Waals surface area contributed by atoms with Crippen LogP contribution in [0.15, 0.2) is 29.8 Å². The Morgan fingerprint density at radius 1 is 1.47 bits per heavy atom. The second-order valence-electron chi connectivity index (χ2n) is 4.53. The molecule has 0 fully saturated rings. The summed E-state index contributed by atoms with van der Waals surface area (Å²) >= 11 is 7.72. The lowest BCUT2D eigenvalue weighted by atomic mass is 10.2. The fraction of sp³-hybridized carbons (Fsp3) is 0.214. The highest BCUT2D eigenvalue weighted by molar-refractivity contribution is 7.13. The fourth-order valence-electron chi connectivity index (χ4n) is 2.28. The topological polar surface area (TPSA) is 37.5 Å². The number of pyridine rings is 1. The van der Waals surface area contributed by atoms with Crippen LogP contribution in [0.3, 0.4) is 0 Å². The Balaban J connectivity index is 2.40. The lowest BCUT2D eigenvalue weighted by Crippen LogP contribution is -1.99. The SMILES string of the molecule is Cc1cc(Cl)cn2c(C(C)O)c(-c3cccs3)nc12. The average molecular weight is 293 g/mol. The highest BCUT2D eigenvalue weighted by Gasteiger charge is 2.19. The third kappa shape index (κ3) is 2.06. The van der Waals surface area contributed by atoms with Crippen LogP contribution in [-0.2, 0) is 0 Å². The molecular weight excluding hydrogens is 280 g/mol. The van der Waals surface area contributed by atoms with Gasteiger partial charge < -0.3 is 5.11 Å². The minimum absolute atomic E-state index is 0.607. The van der Waals surface area contributed by atoms with E-state index in [9.17, 15) is 5.11 Å². The molecule has 3 heterocycles. The van der Waals surface area contributed by atoms with Crippen molar-refractivity contribution in [1.29, 1.82) is 0 Å². The van der Waals surface area contributed by atoms with Crippen molar-refractivity contribution >= 4 is 28.6 Å². The van der Waals surface area contributed by atoms with Crippen LogP contribution in [0.25, 0.3) is 16.2 Å². The molecule has 98 valence electrons. The number of aryl methyl sites for hydroxylation is 1. The minimum atomic E-state index is -0.607. The Morgan fingerprint density at radius 2 is 2.26 bits per heavy atom. The van der Waals surface area contributed by atoms with E-state index in [0.717, 1.165) is 27.5 Å². The van der Waals surface area contributed by atoms with Crippen LogP contribution in [0, 0.1) is 6.92 Å². The Labute approximate surface area is 120 Å². The van der Waals surface area contributed by atoms with Crippen molar-refractivity contribution in [2.24, 2.45) is 0 Å². The number of aliphatic hydroxyl groups excluding tert-OH is 1. The van der Waals surface area contributed by atoms with Gasteiger partial charge in [0, 0.05) is 6.20 Å². The van der Waals surface area contributed by atoms with Gasteiger partial charge in [0.1, 0.15) is 11.3 Å². The van der Waals surface area contributed by atoms with Crippen LogP contribution < -0.4 is 0 Å². The minimum Gasteiger partial charge on any atom is -0.387 e. The average Bonchev–Trinajstić information content (AvgIpc) is 2.92. The maximum absolute atomic E-state index is 10.1. The first-order valence-electron chi connectivity index (χ1n) is 5.98. The van der Waals surface area contributed by atoms with Gasteiger partial charge in [-0.25, -0.2) is 4.98 Å². The molecule has 3 nitrogen and oxygen atoms in total. The molecule has 5 heteroatoms. The van der Waals surface area contributed by atoms with Crippen molar-refractivity contribution in [3.8, 4) is 10.6 Å². The van der Waals surface area contributed by atoms with Gasteiger partial charge in [0.15, 0.2) is 0 Å². The van der Waals surface area contributed by atoms with E-state index >= 15 is 0 Å². The van der Waals surface area contributed by atoms with E-state index in [-0.39, 0.29) is 0 Å². The standard InChI is InChI=1S/C14H13ClN2OS/c1-8-6-10(15)7-17-13(9(2)18)12(16-14(8)17)11-4-3-5-19-11/h3-7,9,18H,1-2H3. The van der Waals surface area contributed by atoms with Crippen LogP contribution in [0.5, 0.6) is 0 Å². The van der Waals surface area contributed by atoms with Gasteiger partial charge in [-0.15, -0.1) is 11.3 Å². The Morgan fingerprint density at radius 3 is 2.89 bits per heavy atom. The van der Waals surface area contributed by atoms with Crippen LogP contribution in [0.1, 0.15) is 24.3 Å². The number of thiophene rings is 1. The van der Waals surface area contributed by atoms with E-state index < -0.39 is 6.10 Å². The molecule has 1 N–H and O–H groups in total. The molecule has 0 aromatic carbocycles. The van der Waals surface area contributed by atoms with Gasteiger partial charge >= 0.3 is 0 Å². The van der Waals surface area contributed by atoms with Gasteiger partial charge in [-0.05, 0) is 36.9 Å². The van der Waals surface area contributed by atoms with Gasteiger partial charge in [0.2, 0.25) is 0 Å². The van der Waals surface area contributed by atoms with Crippen molar-refractivity contribution in [3.63, 3.8) is 0 Å². The molecule has 0 saturated carbocycles. The Kier molecular flexibility index (Phi) is 3.09. The molecule has 19 heavy (non-hydrogen) atoms. The van der Waals surface area contributed by atoms with Crippen LogP contribution >= 0.6 is 22.9 Å². The highest BCUT2D eigenvalue weighted by Crippen LogP contribution is 2.33. The molecule has 0 radical (unpaired) electrons. The summed E-state index contributed by atoms with van der Waals surface area (Å²) in [6.45, 7) is 3.72. The molecule has 0 saturated heterocycles. The summed E-state index contributed by atoms with van der Waals surface area (Å²) in [5, 5.41) is 12.7. The molecule has 0 aliphatic rings.